The Balaban J connectivity index is 2.45. The summed E-state index contributed by atoms with van der Waals surface area (Å²) < 4.78 is 1.28. The minimum Gasteiger partial charge on any atom is -0.480 e. The SMILES string of the molecule is CCc1nc2sc(C)c(-c3ccc(Cl)c(Cl)c3)c2c(=O)n1C(C)(C)C(=O)O. The molecule has 0 fully saturated rings. The van der Waals surface area contributed by atoms with E-state index in [1.54, 1.807) is 18.2 Å². The van der Waals surface area contributed by atoms with Crippen LogP contribution in [0, 0.1) is 6.92 Å². The summed E-state index contributed by atoms with van der Waals surface area (Å²) in [6.45, 7) is 6.76. The van der Waals surface area contributed by atoms with Crippen molar-refractivity contribution in [3.05, 3.63) is 49.3 Å². The second-order valence-corrected chi connectivity index (χ2v) is 8.75. The molecule has 0 spiro atoms. The van der Waals surface area contributed by atoms with Crippen LogP contribution in [-0.4, -0.2) is 20.6 Å². The fraction of sp³-hybridized carbons (Fsp3) is 0.316. The van der Waals surface area contributed by atoms with Crippen molar-refractivity contribution < 1.29 is 9.90 Å². The topological polar surface area (TPSA) is 72.2 Å². The molecule has 0 saturated heterocycles. The zero-order valence-electron chi connectivity index (χ0n) is 15.3. The van der Waals surface area contributed by atoms with Crippen LogP contribution in [0.2, 0.25) is 10.0 Å². The molecule has 1 N–H and O–H groups in total. The van der Waals surface area contributed by atoms with E-state index in [0.717, 1.165) is 10.4 Å². The summed E-state index contributed by atoms with van der Waals surface area (Å²) in [5.41, 5.74) is -0.330. The lowest BCUT2D eigenvalue weighted by Crippen LogP contribution is -2.44. The molecule has 0 bridgehead atoms. The van der Waals surface area contributed by atoms with Gasteiger partial charge in [0, 0.05) is 16.9 Å². The molecule has 8 heteroatoms. The first-order valence-electron chi connectivity index (χ1n) is 8.33. The van der Waals surface area contributed by atoms with E-state index >= 15 is 0 Å². The molecule has 0 amide bonds. The number of thiophene rings is 1. The van der Waals surface area contributed by atoms with Gasteiger partial charge in [-0.25, -0.2) is 9.78 Å². The Hall–Kier alpha value is -1.89. The summed E-state index contributed by atoms with van der Waals surface area (Å²) in [5, 5.41) is 10.9. The lowest BCUT2D eigenvalue weighted by Gasteiger charge is -2.25. The number of hydrogen-bond donors (Lipinski definition) is 1. The summed E-state index contributed by atoms with van der Waals surface area (Å²) in [5.74, 6) is -0.648. The van der Waals surface area contributed by atoms with Crippen molar-refractivity contribution in [1.82, 2.24) is 9.55 Å². The fourth-order valence-corrected chi connectivity index (χ4v) is 4.46. The van der Waals surface area contributed by atoms with Gasteiger partial charge in [0.05, 0.1) is 15.4 Å². The van der Waals surface area contributed by atoms with E-state index in [4.69, 9.17) is 23.2 Å². The van der Waals surface area contributed by atoms with Gasteiger partial charge in [-0.1, -0.05) is 36.2 Å². The Morgan fingerprint density at radius 1 is 1.30 bits per heavy atom. The van der Waals surface area contributed by atoms with Crippen LogP contribution in [0.3, 0.4) is 0 Å². The Morgan fingerprint density at radius 3 is 2.52 bits per heavy atom. The van der Waals surface area contributed by atoms with Crippen LogP contribution in [-0.2, 0) is 16.8 Å². The molecule has 0 unspecified atom stereocenters. The van der Waals surface area contributed by atoms with Gasteiger partial charge in [0.2, 0.25) is 0 Å². The van der Waals surface area contributed by atoms with Crippen molar-refractivity contribution in [1.29, 1.82) is 0 Å². The first-order valence-corrected chi connectivity index (χ1v) is 9.91. The highest BCUT2D eigenvalue weighted by molar-refractivity contribution is 7.19. The van der Waals surface area contributed by atoms with Gasteiger partial charge in [-0.05, 0) is 38.5 Å². The molecule has 27 heavy (non-hydrogen) atoms. The maximum absolute atomic E-state index is 13.4. The third-order valence-corrected chi connectivity index (χ3v) is 6.32. The highest BCUT2D eigenvalue weighted by Crippen LogP contribution is 2.38. The minimum atomic E-state index is -1.42. The van der Waals surface area contributed by atoms with Crippen molar-refractivity contribution in [3.8, 4) is 11.1 Å². The molecular weight excluding hydrogens is 407 g/mol. The van der Waals surface area contributed by atoms with Crippen molar-refractivity contribution in [2.45, 2.75) is 39.7 Å². The molecule has 3 rings (SSSR count). The zero-order chi connectivity index (χ0) is 20.1. The Kier molecular flexibility index (Phi) is 5.10. The largest absolute Gasteiger partial charge is 0.480 e. The number of halogens is 2. The average Bonchev–Trinajstić information content (AvgIpc) is 2.93. The van der Waals surface area contributed by atoms with Gasteiger partial charge in [0.25, 0.3) is 5.56 Å². The molecule has 5 nitrogen and oxygen atoms in total. The number of hydrogen-bond acceptors (Lipinski definition) is 4. The number of benzene rings is 1. The van der Waals surface area contributed by atoms with Crippen molar-refractivity contribution in [2.75, 3.05) is 0 Å². The van der Waals surface area contributed by atoms with E-state index in [0.29, 0.717) is 38.1 Å². The molecule has 0 aliphatic carbocycles. The van der Waals surface area contributed by atoms with Crippen LogP contribution < -0.4 is 5.56 Å². The van der Waals surface area contributed by atoms with Gasteiger partial charge in [0.1, 0.15) is 16.2 Å². The molecule has 2 heterocycles. The van der Waals surface area contributed by atoms with Gasteiger partial charge in [-0.15, -0.1) is 11.3 Å². The summed E-state index contributed by atoms with van der Waals surface area (Å²) in [6.07, 6.45) is 0.445. The number of aryl methyl sites for hydroxylation is 2. The predicted molar refractivity (Wildman–Crippen MR) is 110 cm³/mol. The molecular formula is C19H18Cl2N2O3S. The van der Waals surface area contributed by atoms with E-state index in [2.05, 4.69) is 4.98 Å². The summed E-state index contributed by atoms with van der Waals surface area (Å²) in [4.78, 5) is 31.3. The molecule has 142 valence electrons. The lowest BCUT2D eigenvalue weighted by molar-refractivity contribution is -0.146. The van der Waals surface area contributed by atoms with Crippen LogP contribution in [0.1, 0.15) is 31.5 Å². The van der Waals surface area contributed by atoms with Crippen molar-refractivity contribution in [3.63, 3.8) is 0 Å². The van der Waals surface area contributed by atoms with E-state index in [9.17, 15) is 14.7 Å². The maximum Gasteiger partial charge on any atom is 0.329 e. The van der Waals surface area contributed by atoms with Crippen LogP contribution in [0.4, 0.5) is 0 Å². The van der Waals surface area contributed by atoms with Gasteiger partial charge >= 0.3 is 5.97 Å². The van der Waals surface area contributed by atoms with Crippen LogP contribution in [0.25, 0.3) is 21.3 Å². The number of rotatable bonds is 4. The van der Waals surface area contributed by atoms with Gasteiger partial charge in [0.15, 0.2) is 0 Å². The molecule has 2 aromatic heterocycles. The van der Waals surface area contributed by atoms with Gasteiger partial charge < -0.3 is 5.11 Å². The highest BCUT2D eigenvalue weighted by Gasteiger charge is 2.34. The molecule has 0 radical (unpaired) electrons. The quantitative estimate of drug-likeness (QED) is 0.630. The molecule has 0 aliphatic rings. The number of carboxylic acids is 1. The third-order valence-electron chi connectivity index (χ3n) is 4.58. The monoisotopic (exact) mass is 424 g/mol. The Bertz CT molecular complexity index is 1130. The predicted octanol–water partition coefficient (Wildman–Crippen LogP) is 5.12. The third kappa shape index (κ3) is 3.16. The zero-order valence-corrected chi connectivity index (χ0v) is 17.6. The fourth-order valence-electron chi connectivity index (χ4n) is 3.11. The lowest BCUT2D eigenvalue weighted by atomic mass is 10.0. The molecule has 0 saturated carbocycles. The smallest absolute Gasteiger partial charge is 0.329 e. The number of carboxylic acid groups (broad SMARTS) is 1. The normalized spacial score (nSPS) is 11.9. The number of nitrogens with zero attached hydrogens (tertiary/aromatic N) is 2. The average molecular weight is 425 g/mol. The summed E-state index contributed by atoms with van der Waals surface area (Å²) in [7, 11) is 0. The first kappa shape index (κ1) is 19.9. The second-order valence-electron chi connectivity index (χ2n) is 6.73. The van der Waals surface area contributed by atoms with Crippen LogP contribution in [0.15, 0.2) is 23.0 Å². The molecule has 0 aliphatic heterocycles. The number of carbonyl (C=O) groups is 1. The molecule has 0 atom stereocenters. The Labute approximate surface area is 170 Å². The maximum atomic E-state index is 13.4. The van der Waals surface area contributed by atoms with E-state index in [-0.39, 0.29) is 5.56 Å². The van der Waals surface area contributed by atoms with E-state index < -0.39 is 11.5 Å². The number of aliphatic carboxylic acids is 1. The molecule has 1 aromatic carbocycles. The molecule has 3 aromatic rings. The first-order chi connectivity index (χ1) is 12.6. The van der Waals surface area contributed by atoms with Crippen molar-refractivity contribution in [2.24, 2.45) is 0 Å². The minimum absolute atomic E-state index is 0.366. The van der Waals surface area contributed by atoms with Crippen LogP contribution in [0.5, 0.6) is 0 Å². The summed E-state index contributed by atoms with van der Waals surface area (Å²) in [6, 6.07) is 5.18. The number of fused-ring (bicyclic) bond motifs is 1. The van der Waals surface area contributed by atoms with Crippen molar-refractivity contribution >= 4 is 50.7 Å². The number of aromatic nitrogens is 2. The van der Waals surface area contributed by atoms with Gasteiger partial charge in [-0.3, -0.25) is 9.36 Å². The van der Waals surface area contributed by atoms with Gasteiger partial charge in [-0.2, -0.15) is 0 Å². The van der Waals surface area contributed by atoms with Crippen LogP contribution >= 0.6 is 34.5 Å². The second kappa shape index (κ2) is 6.93. The summed E-state index contributed by atoms with van der Waals surface area (Å²) >= 11 is 13.6. The Morgan fingerprint density at radius 2 is 1.96 bits per heavy atom. The highest BCUT2D eigenvalue weighted by atomic mass is 35.5. The standard InChI is InChI=1S/C19H18Cl2N2O3S/c1-5-13-22-16-15(17(24)23(13)19(3,4)18(25)26)14(9(2)27-16)10-6-7-11(20)12(21)8-10/h6-8H,5H2,1-4H3,(H,25,26). The van der Waals surface area contributed by atoms with E-state index in [1.807, 2.05) is 13.8 Å². The van der Waals surface area contributed by atoms with E-state index in [1.165, 1.54) is 29.8 Å².